The van der Waals surface area contributed by atoms with Crippen LogP contribution >= 0.6 is 23.2 Å². The van der Waals surface area contributed by atoms with Crippen LogP contribution in [0.5, 0.6) is 5.88 Å². The molecule has 0 spiro atoms. The van der Waals surface area contributed by atoms with Gasteiger partial charge < -0.3 is 10.1 Å². The van der Waals surface area contributed by atoms with E-state index in [-0.39, 0.29) is 0 Å². The van der Waals surface area contributed by atoms with Gasteiger partial charge in [-0.1, -0.05) is 23.2 Å². The summed E-state index contributed by atoms with van der Waals surface area (Å²) in [7, 11) is 0. The van der Waals surface area contributed by atoms with E-state index in [0.29, 0.717) is 22.5 Å². The van der Waals surface area contributed by atoms with E-state index in [9.17, 15) is 0 Å². The Balaban J connectivity index is 1.77. The molecule has 0 atom stereocenters. The topological polar surface area (TPSA) is 37.4 Å². The van der Waals surface area contributed by atoms with Crippen LogP contribution in [0.2, 0.25) is 10.0 Å². The zero-order valence-corrected chi connectivity index (χ0v) is 11.0. The van der Waals surface area contributed by atoms with Crippen LogP contribution in [0.3, 0.4) is 0 Å². The lowest BCUT2D eigenvalue weighted by molar-refractivity contribution is 0.188. The molecule has 0 amide bonds. The summed E-state index contributed by atoms with van der Waals surface area (Å²) in [6.45, 7) is 5.69. The van der Waals surface area contributed by atoms with Gasteiger partial charge in [0.25, 0.3) is 0 Å². The molecule has 1 aliphatic rings. The van der Waals surface area contributed by atoms with E-state index < -0.39 is 0 Å². The molecule has 1 aromatic rings. The van der Waals surface area contributed by atoms with E-state index in [0.717, 1.165) is 32.7 Å². The maximum absolute atomic E-state index is 5.96. The molecule has 1 saturated heterocycles. The summed E-state index contributed by atoms with van der Waals surface area (Å²) in [5, 5.41) is 4.28. The maximum atomic E-state index is 5.96. The van der Waals surface area contributed by atoms with Crippen LogP contribution in [0.15, 0.2) is 12.3 Å². The Morgan fingerprint density at radius 2 is 2.12 bits per heavy atom. The van der Waals surface area contributed by atoms with Crippen molar-refractivity contribution in [2.45, 2.75) is 0 Å². The number of hydrogen-bond acceptors (Lipinski definition) is 4. The third-order valence-electron chi connectivity index (χ3n) is 2.63. The predicted octanol–water partition coefficient (Wildman–Crippen LogP) is 1.67. The van der Waals surface area contributed by atoms with Crippen LogP contribution in [0.4, 0.5) is 0 Å². The molecule has 4 nitrogen and oxygen atoms in total. The molecule has 94 valence electrons. The summed E-state index contributed by atoms with van der Waals surface area (Å²) in [6.07, 6.45) is 1.54. The van der Waals surface area contributed by atoms with E-state index in [1.165, 1.54) is 6.20 Å². The van der Waals surface area contributed by atoms with Crippen LogP contribution in [0, 0.1) is 0 Å². The van der Waals surface area contributed by atoms with Crippen LogP contribution in [-0.2, 0) is 0 Å². The molecule has 1 aromatic heterocycles. The van der Waals surface area contributed by atoms with Crippen molar-refractivity contribution in [3.8, 4) is 5.88 Å². The highest BCUT2D eigenvalue weighted by Crippen LogP contribution is 2.24. The van der Waals surface area contributed by atoms with Gasteiger partial charge in [0.1, 0.15) is 11.6 Å². The Morgan fingerprint density at radius 3 is 2.82 bits per heavy atom. The third-order valence-corrected chi connectivity index (χ3v) is 3.11. The number of ether oxygens (including phenoxy) is 1. The van der Waals surface area contributed by atoms with Crippen molar-refractivity contribution < 1.29 is 4.74 Å². The van der Waals surface area contributed by atoms with Crippen molar-refractivity contribution in [3.05, 3.63) is 22.3 Å². The van der Waals surface area contributed by atoms with Gasteiger partial charge >= 0.3 is 0 Å². The minimum Gasteiger partial charge on any atom is -0.475 e. The summed E-state index contributed by atoms with van der Waals surface area (Å²) in [5.74, 6) is 0.450. The highest BCUT2D eigenvalue weighted by atomic mass is 35.5. The van der Waals surface area contributed by atoms with Crippen molar-refractivity contribution in [2.75, 3.05) is 39.3 Å². The number of hydrogen-bond donors (Lipinski definition) is 1. The van der Waals surface area contributed by atoms with Gasteiger partial charge in [-0.3, -0.25) is 4.90 Å². The highest BCUT2D eigenvalue weighted by Gasteiger charge is 2.10. The van der Waals surface area contributed by atoms with Crippen LogP contribution < -0.4 is 10.1 Å². The molecular weight excluding hydrogens is 261 g/mol. The summed E-state index contributed by atoms with van der Waals surface area (Å²) in [6, 6.07) is 1.64. The van der Waals surface area contributed by atoms with Crippen molar-refractivity contribution in [2.24, 2.45) is 0 Å². The fourth-order valence-corrected chi connectivity index (χ4v) is 2.15. The lowest BCUT2D eigenvalue weighted by Gasteiger charge is -2.26. The van der Waals surface area contributed by atoms with Crippen LogP contribution in [-0.4, -0.2) is 49.2 Å². The second-order valence-corrected chi connectivity index (χ2v) is 4.72. The van der Waals surface area contributed by atoms with Gasteiger partial charge in [0.2, 0.25) is 5.88 Å². The zero-order valence-electron chi connectivity index (χ0n) is 9.46. The zero-order chi connectivity index (χ0) is 12.1. The molecule has 0 unspecified atom stereocenters. The molecule has 1 N–H and O–H groups in total. The van der Waals surface area contributed by atoms with Crippen LogP contribution in [0.25, 0.3) is 0 Å². The molecule has 6 heteroatoms. The van der Waals surface area contributed by atoms with Crippen LogP contribution in [0.1, 0.15) is 0 Å². The monoisotopic (exact) mass is 275 g/mol. The largest absolute Gasteiger partial charge is 0.475 e. The van der Waals surface area contributed by atoms with Gasteiger partial charge in [-0.15, -0.1) is 0 Å². The van der Waals surface area contributed by atoms with Crippen molar-refractivity contribution in [3.63, 3.8) is 0 Å². The number of nitrogens with zero attached hydrogens (tertiary/aromatic N) is 2. The van der Waals surface area contributed by atoms with Gasteiger partial charge in [0.05, 0.1) is 5.02 Å². The van der Waals surface area contributed by atoms with Gasteiger partial charge in [0, 0.05) is 38.9 Å². The number of pyridine rings is 1. The molecule has 0 aromatic carbocycles. The Hall–Kier alpha value is -0.550. The molecule has 1 aliphatic heterocycles. The smallest absolute Gasteiger partial charge is 0.232 e. The van der Waals surface area contributed by atoms with Crippen molar-refractivity contribution >= 4 is 23.2 Å². The number of rotatable bonds is 4. The first-order valence-electron chi connectivity index (χ1n) is 5.62. The van der Waals surface area contributed by atoms with E-state index in [1.54, 1.807) is 6.07 Å². The van der Waals surface area contributed by atoms with Crippen molar-refractivity contribution in [1.29, 1.82) is 0 Å². The summed E-state index contributed by atoms with van der Waals surface area (Å²) in [4.78, 5) is 6.39. The number of piperazine rings is 1. The SMILES string of the molecule is Clc1cnc(OCCN2CCNCC2)c(Cl)c1. The molecule has 17 heavy (non-hydrogen) atoms. The average molecular weight is 276 g/mol. The Kier molecular flexibility index (Phi) is 4.86. The second-order valence-electron chi connectivity index (χ2n) is 3.88. The first kappa shape index (κ1) is 12.9. The molecule has 0 saturated carbocycles. The molecule has 0 bridgehead atoms. The maximum Gasteiger partial charge on any atom is 0.232 e. The van der Waals surface area contributed by atoms with Gasteiger partial charge in [-0.05, 0) is 6.07 Å². The number of nitrogens with one attached hydrogen (secondary N) is 1. The van der Waals surface area contributed by atoms with E-state index in [4.69, 9.17) is 27.9 Å². The normalized spacial score (nSPS) is 17.1. The van der Waals surface area contributed by atoms with Gasteiger partial charge in [0.15, 0.2) is 0 Å². The molecule has 1 fully saturated rings. The third kappa shape index (κ3) is 4.00. The summed E-state index contributed by atoms with van der Waals surface area (Å²) in [5.41, 5.74) is 0. The molecule has 2 rings (SSSR count). The summed E-state index contributed by atoms with van der Waals surface area (Å²) < 4.78 is 5.53. The fourth-order valence-electron chi connectivity index (χ4n) is 1.71. The second kappa shape index (κ2) is 6.40. The van der Waals surface area contributed by atoms with E-state index >= 15 is 0 Å². The predicted molar refractivity (Wildman–Crippen MR) is 69.1 cm³/mol. The van der Waals surface area contributed by atoms with Gasteiger partial charge in [-0.2, -0.15) is 0 Å². The Labute approximate surface area is 111 Å². The molecule has 0 radical (unpaired) electrons. The number of aromatic nitrogens is 1. The first-order chi connectivity index (χ1) is 8.25. The number of halogens is 2. The molecule has 0 aliphatic carbocycles. The Morgan fingerprint density at radius 1 is 1.35 bits per heavy atom. The molecular formula is C11H15Cl2N3O. The van der Waals surface area contributed by atoms with E-state index in [2.05, 4.69) is 15.2 Å². The average Bonchev–Trinajstić information content (AvgIpc) is 2.33. The van der Waals surface area contributed by atoms with Gasteiger partial charge in [-0.25, -0.2) is 4.98 Å². The highest BCUT2D eigenvalue weighted by molar-refractivity contribution is 6.35. The first-order valence-corrected chi connectivity index (χ1v) is 6.38. The Bertz CT molecular complexity index is 370. The minimum absolute atomic E-state index is 0.450. The standard InChI is InChI=1S/C11H15Cl2N3O/c12-9-7-10(13)11(15-8-9)17-6-5-16-3-1-14-2-4-16/h7-8,14H,1-6H2. The van der Waals surface area contributed by atoms with E-state index in [1.807, 2.05) is 0 Å². The quantitative estimate of drug-likeness (QED) is 0.907. The fraction of sp³-hybridized carbons (Fsp3) is 0.545. The lowest BCUT2D eigenvalue weighted by atomic mass is 10.4. The summed E-state index contributed by atoms with van der Waals surface area (Å²) >= 11 is 11.7. The van der Waals surface area contributed by atoms with Crippen molar-refractivity contribution in [1.82, 2.24) is 15.2 Å². The lowest BCUT2D eigenvalue weighted by Crippen LogP contribution is -2.44. The molecule has 2 heterocycles. The minimum atomic E-state index is 0.450.